The van der Waals surface area contributed by atoms with E-state index in [4.69, 9.17) is 19.5 Å². The van der Waals surface area contributed by atoms with Crippen LogP contribution >= 0.6 is 0 Å². The molecule has 0 bridgehead atoms. The largest absolute Gasteiger partial charge is 0.469 e. The van der Waals surface area contributed by atoms with Gasteiger partial charge in [0.1, 0.15) is 0 Å². The normalized spacial score (nSPS) is 17.0. The maximum Gasteiger partial charge on any atom is 0.305 e. The Hall–Kier alpha value is -4.20. The van der Waals surface area contributed by atoms with Crippen molar-refractivity contribution in [3.8, 4) is 0 Å². The lowest BCUT2D eigenvalue weighted by atomic mass is 9.93. The van der Waals surface area contributed by atoms with Crippen molar-refractivity contribution in [2.24, 2.45) is 9.98 Å². The Morgan fingerprint density at radius 1 is 0.651 bits per heavy atom. The van der Waals surface area contributed by atoms with Crippen molar-refractivity contribution in [3.63, 3.8) is 0 Å². The molecule has 2 N–H and O–H groups in total. The summed E-state index contributed by atoms with van der Waals surface area (Å²) in [6.07, 6.45) is 7.00. The van der Waals surface area contributed by atoms with E-state index >= 15 is 0 Å². The van der Waals surface area contributed by atoms with Crippen LogP contribution in [0.25, 0.3) is 12.2 Å². The minimum absolute atomic E-state index is 0.203. The molecule has 0 atom stereocenters. The maximum absolute atomic E-state index is 11.7. The molecule has 0 aliphatic carbocycles. The van der Waals surface area contributed by atoms with Crippen molar-refractivity contribution in [1.29, 1.82) is 0 Å². The highest BCUT2D eigenvalue weighted by molar-refractivity contribution is 6.09. The average molecular weight is 585 g/mol. The van der Waals surface area contributed by atoms with Crippen LogP contribution in [0.5, 0.6) is 0 Å². The monoisotopic (exact) mass is 584 g/mol. The zero-order valence-electron chi connectivity index (χ0n) is 27.2. The number of methoxy groups -OCH3 is 2. The van der Waals surface area contributed by atoms with Crippen LogP contribution in [0.2, 0.25) is 0 Å². The zero-order valence-corrected chi connectivity index (χ0v) is 27.2. The molecular formula is C35H44N4O4. The first-order valence-electron chi connectivity index (χ1n) is 14.8. The Balaban J connectivity index is 1.58. The van der Waals surface area contributed by atoms with E-state index in [0.717, 1.165) is 85.4 Å². The van der Waals surface area contributed by atoms with Gasteiger partial charge in [0, 0.05) is 53.5 Å². The third-order valence-corrected chi connectivity index (χ3v) is 8.92. The van der Waals surface area contributed by atoms with E-state index in [1.165, 1.54) is 25.4 Å². The third kappa shape index (κ3) is 6.58. The molecule has 228 valence electrons. The maximum atomic E-state index is 11.7. The Morgan fingerprint density at radius 3 is 1.37 bits per heavy atom. The number of allylic oxidation sites excluding steroid dienone is 4. The molecular weight excluding hydrogens is 540 g/mol. The van der Waals surface area contributed by atoms with E-state index < -0.39 is 0 Å². The van der Waals surface area contributed by atoms with Crippen molar-refractivity contribution in [1.82, 2.24) is 9.97 Å². The Kier molecular flexibility index (Phi) is 9.58. The Morgan fingerprint density at radius 2 is 1.02 bits per heavy atom. The number of ether oxygens (including phenoxy) is 2. The van der Waals surface area contributed by atoms with Gasteiger partial charge < -0.3 is 19.4 Å². The van der Waals surface area contributed by atoms with E-state index in [2.05, 4.69) is 63.7 Å². The second-order valence-electron chi connectivity index (χ2n) is 11.5. The zero-order chi connectivity index (χ0) is 31.6. The summed E-state index contributed by atoms with van der Waals surface area (Å²) < 4.78 is 9.65. The van der Waals surface area contributed by atoms with Crippen molar-refractivity contribution in [3.05, 3.63) is 78.7 Å². The molecule has 8 heteroatoms. The van der Waals surface area contributed by atoms with Gasteiger partial charge in [0.15, 0.2) is 0 Å². The summed E-state index contributed by atoms with van der Waals surface area (Å²) in [5, 5.41) is 0. The standard InChI is InChI=1S/C35H44N4O4/c1-18-26(11-13-34(40)42-9)22(5)36-30(18)16-32-20(3)28(24(7)38-32)15-29-21(4)33(39-25(29)8)17-31-19(2)27(23(6)37-31)12-14-35(41)43-10/h16-17,36-37H,11-15H2,1-10H3/b32-16-,33-17-. The number of hydrogen-bond donors (Lipinski definition) is 2. The van der Waals surface area contributed by atoms with Crippen LogP contribution in [0, 0.1) is 27.7 Å². The van der Waals surface area contributed by atoms with Crippen LogP contribution in [-0.2, 0) is 31.9 Å². The minimum Gasteiger partial charge on any atom is -0.469 e. The number of carbonyl (C=O) groups excluding carboxylic acids is 2. The summed E-state index contributed by atoms with van der Waals surface area (Å²) in [5.41, 5.74) is 17.5. The summed E-state index contributed by atoms with van der Waals surface area (Å²) in [6, 6.07) is 0. The molecule has 8 nitrogen and oxygen atoms in total. The first-order valence-corrected chi connectivity index (χ1v) is 14.8. The predicted molar refractivity (Wildman–Crippen MR) is 173 cm³/mol. The molecule has 2 aliphatic rings. The number of aromatic amines is 2. The van der Waals surface area contributed by atoms with Crippen LogP contribution in [0.15, 0.2) is 43.7 Å². The van der Waals surface area contributed by atoms with E-state index in [9.17, 15) is 9.59 Å². The summed E-state index contributed by atoms with van der Waals surface area (Å²) in [5.74, 6) is -0.405. The average Bonchev–Trinajstić information content (AvgIpc) is 3.59. The molecule has 2 aromatic heterocycles. The third-order valence-electron chi connectivity index (χ3n) is 8.92. The molecule has 43 heavy (non-hydrogen) atoms. The minimum atomic E-state index is -0.203. The number of rotatable bonds is 10. The number of esters is 2. The number of aryl methyl sites for hydroxylation is 2. The molecule has 0 saturated heterocycles. The molecule has 2 aromatic rings. The Labute approximate surface area is 254 Å². The Bertz CT molecular complexity index is 1540. The summed E-state index contributed by atoms with van der Waals surface area (Å²) in [7, 11) is 2.84. The highest BCUT2D eigenvalue weighted by Crippen LogP contribution is 2.37. The quantitative estimate of drug-likeness (QED) is 0.289. The molecule has 0 spiro atoms. The fourth-order valence-corrected chi connectivity index (χ4v) is 6.10. The van der Waals surface area contributed by atoms with E-state index in [0.29, 0.717) is 25.7 Å². The van der Waals surface area contributed by atoms with Gasteiger partial charge in [-0.05, 0) is 125 Å². The highest BCUT2D eigenvalue weighted by Gasteiger charge is 2.25. The number of nitrogens with one attached hydrogen (secondary N) is 2. The SMILES string of the molecule is COC(=O)CCc1c(C)[nH]c(/C=C2\N=C(C)C(CC3=C(C)/C(=C/c4[nH]c(C)c(CCC(=O)OC)c4C)N=C3C)=C2C)c1C. The molecule has 0 fully saturated rings. The molecule has 2 aliphatic heterocycles. The molecule has 0 unspecified atom stereocenters. The lowest BCUT2D eigenvalue weighted by Crippen LogP contribution is -2.02. The first-order chi connectivity index (χ1) is 20.4. The van der Waals surface area contributed by atoms with Gasteiger partial charge in [-0.1, -0.05) is 0 Å². The molecule has 0 amide bonds. The van der Waals surface area contributed by atoms with E-state index in [-0.39, 0.29) is 11.9 Å². The molecule has 0 aromatic carbocycles. The molecule has 4 heterocycles. The van der Waals surface area contributed by atoms with Crippen molar-refractivity contribution < 1.29 is 19.1 Å². The lowest BCUT2D eigenvalue weighted by Gasteiger charge is -2.08. The van der Waals surface area contributed by atoms with Gasteiger partial charge in [0.2, 0.25) is 0 Å². The molecule has 0 radical (unpaired) electrons. The van der Waals surface area contributed by atoms with Crippen molar-refractivity contribution in [2.45, 2.75) is 87.5 Å². The van der Waals surface area contributed by atoms with E-state index in [1.807, 2.05) is 13.8 Å². The number of aromatic nitrogens is 2. The van der Waals surface area contributed by atoms with Gasteiger partial charge in [-0.3, -0.25) is 19.6 Å². The second-order valence-corrected chi connectivity index (χ2v) is 11.5. The predicted octanol–water partition coefficient (Wildman–Crippen LogP) is 7.14. The van der Waals surface area contributed by atoms with E-state index in [1.54, 1.807) is 0 Å². The fraction of sp³-hybridized carbons (Fsp3) is 0.429. The number of aliphatic imine (C=N–C) groups is 2. The topological polar surface area (TPSA) is 109 Å². The number of nitrogens with zero attached hydrogens (tertiary/aromatic N) is 2. The van der Waals surface area contributed by atoms with Gasteiger partial charge in [-0.15, -0.1) is 0 Å². The number of H-pyrrole nitrogens is 2. The molecule has 0 saturated carbocycles. The lowest BCUT2D eigenvalue weighted by molar-refractivity contribution is -0.141. The first kappa shape index (κ1) is 31.7. The summed E-state index contributed by atoms with van der Waals surface area (Å²) in [4.78, 5) is 40.3. The smallest absolute Gasteiger partial charge is 0.305 e. The second kappa shape index (κ2) is 13.0. The highest BCUT2D eigenvalue weighted by atomic mass is 16.5. The van der Waals surface area contributed by atoms with Gasteiger partial charge >= 0.3 is 11.9 Å². The van der Waals surface area contributed by atoms with Gasteiger partial charge in [-0.25, -0.2) is 0 Å². The van der Waals surface area contributed by atoms with Crippen molar-refractivity contribution >= 4 is 35.5 Å². The van der Waals surface area contributed by atoms with Crippen LogP contribution in [0.1, 0.15) is 92.0 Å². The van der Waals surface area contributed by atoms with Gasteiger partial charge in [-0.2, -0.15) is 0 Å². The van der Waals surface area contributed by atoms with Crippen LogP contribution in [0.3, 0.4) is 0 Å². The van der Waals surface area contributed by atoms with Gasteiger partial charge in [0.05, 0.1) is 25.6 Å². The number of hydrogen-bond acceptors (Lipinski definition) is 6. The van der Waals surface area contributed by atoms with Crippen molar-refractivity contribution in [2.75, 3.05) is 14.2 Å². The fourth-order valence-electron chi connectivity index (χ4n) is 6.10. The van der Waals surface area contributed by atoms with Crippen LogP contribution in [0.4, 0.5) is 0 Å². The number of carbonyl (C=O) groups is 2. The van der Waals surface area contributed by atoms with Crippen LogP contribution < -0.4 is 0 Å². The molecule has 4 rings (SSSR count). The van der Waals surface area contributed by atoms with Crippen LogP contribution in [-0.4, -0.2) is 47.5 Å². The van der Waals surface area contributed by atoms with Gasteiger partial charge in [0.25, 0.3) is 0 Å². The summed E-state index contributed by atoms with van der Waals surface area (Å²) in [6.45, 7) is 16.7. The summed E-state index contributed by atoms with van der Waals surface area (Å²) >= 11 is 0.